The number of nitrogens with zero attached hydrogens (tertiary/aromatic N) is 1. The Bertz CT molecular complexity index is 495. The van der Waals surface area contributed by atoms with Crippen molar-refractivity contribution < 1.29 is 13.6 Å². The summed E-state index contributed by atoms with van der Waals surface area (Å²) >= 11 is 0. The minimum atomic E-state index is -0.886. The third-order valence-electron chi connectivity index (χ3n) is 4.18. The summed E-state index contributed by atoms with van der Waals surface area (Å²) < 4.78 is 26.1. The van der Waals surface area contributed by atoms with Crippen LogP contribution in [0.5, 0.6) is 0 Å². The monoisotopic (exact) mass is 282 g/mol. The molecule has 110 valence electrons. The fraction of sp³-hybridized carbons (Fsp3) is 0.533. The van der Waals surface area contributed by atoms with Crippen molar-refractivity contribution >= 4 is 5.91 Å². The van der Waals surface area contributed by atoms with Crippen LogP contribution in [0.1, 0.15) is 31.7 Å². The molecule has 0 saturated heterocycles. The molecule has 1 saturated carbocycles. The number of carbonyl (C=O) groups excluding carboxylic acids is 1. The van der Waals surface area contributed by atoms with E-state index in [0.717, 1.165) is 31.4 Å². The van der Waals surface area contributed by atoms with Crippen LogP contribution in [0.3, 0.4) is 0 Å². The Morgan fingerprint density at radius 2 is 2.05 bits per heavy atom. The number of carbonyl (C=O) groups is 1. The highest BCUT2D eigenvalue weighted by Gasteiger charge is 2.44. The van der Waals surface area contributed by atoms with E-state index in [1.165, 1.54) is 6.07 Å². The van der Waals surface area contributed by atoms with Crippen LogP contribution in [0.2, 0.25) is 0 Å². The number of amides is 1. The molecule has 5 heteroatoms. The first kappa shape index (κ1) is 14.9. The van der Waals surface area contributed by atoms with Crippen LogP contribution >= 0.6 is 0 Å². The number of halogens is 2. The van der Waals surface area contributed by atoms with Crippen LogP contribution in [-0.4, -0.2) is 23.9 Å². The Balaban J connectivity index is 2.12. The zero-order valence-corrected chi connectivity index (χ0v) is 11.7. The summed E-state index contributed by atoms with van der Waals surface area (Å²) in [6.45, 7) is 3.04. The molecule has 1 aliphatic rings. The second-order valence-electron chi connectivity index (χ2n) is 5.41. The largest absolute Gasteiger partial charge is 0.338 e. The van der Waals surface area contributed by atoms with E-state index in [1.807, 2.05) is 6.92 Å². The van der Waals surface area contributed by atoms with E-state index in [0.29, 0.717) is 18.7 Å². The van der Waals surface area contributed by atoms with Crippen molar-refractivity contribution in [3.05, 3.63) is 35.4 Å². The number of hydrogen-bond acceptors (Lipinski definition) is 2. The molecule has 0 atom stereocenters. The maximum absolute atomic E-state index is 13.2. The van der Waals surface area contributed by atoms with Crippen molar-refractivity contribution in [3.8, 4) is 0 Å². The number of rotatable bonds is 5. The van der Waals surface area contributed by atoms with Gasteiger partial charge in [-0.1, -0.05) is 12.5 Å². The average Bonchev–Trinajstić information content (AvgIpc) is 2.39. The van der Waals surface area contributed by atoms with Crippen molar-refractivity contribution in [1.82, 2.24) is 4.90 Å². The molecular weight excluding hydrogens is 262 g/mol. The Labute approximate surface area is 117 Å². The molecule has 1 aliphatic carbocycles. The molecule has 0 aromatic heterocycles. The van der Waals surface area contributed by atoms with Gasteiger partial charge in [-0.15, -0.1) is 0 Å². The van der Waals surface area contributed by atoms with Gasteiger partial charge in [0, 0.05) is 19.6 Å². The first-order valence-corrected chi connectivity index (χ1v) is 6.96. The smallest absolute Gasteiger partial charge is 0.230 e. The molecule has 0 bridgehead atoms. The number of benzene rings is 1. The Hall–Kier alpha value is -1.49. The molecule has 20 heavy (non-hydrogen) atoms. The van der Waals surface area contributed by atoms with Crippen LogP contribution in [-0.2, 0) is 11.3 Å². The molecule has 3 nitrogen and oxygen atoms in total. The van der Waals surface area contributed by atoms with Gasteiger partial charge in [-0.25, -0.2) is 8.78 Å². The second-order valence-corrected chi connectivity index (χ2v) is 5.41. The van der Waals surface area contributed by atoms with Crippen molar-refractivity contribution in [1.29, 1.82) is 0 Å². The standard InChI is InChI=1S/C15H20F2N2O/c1-2-19(14(20)15(10-18)6-3-7-15)9-11-4-5-12(16)13(17)8-11/h4-5,8H,2-3,6-7,9-10,18H2,1H3. The van der Waals surface area contributed by atoms with Gasteiger partial charge in [0.15, 0.2) is 11.6 Å². The quantitative estimate of drug-likeness (QED) is 0.901. The molecule has 1 fully saturated rings. The van der Waals surface area contributed by atoms with E-state index in [9.17, 15) is 13.6 Å². The summed E-state index contributed by atoms with van der Waals surface area (Å²) in [6.07, 6.45) is 2.65. The lowest BCUT2D eigenvalue weighted by molar-refractivity contribution is -0.147. The summed E-state index contributed by atoms with van der Waals surface area (Å²) in [6, 6.07) is 3.73. The highest BCUT2D eigenvalue weighted by atomic mass is 19.2. The van der Waals surface area contributed by atoms with Gasteiger partial charge < -0.3 is 10.6 Å². The van der Waals surface area contributed by atoms with Gasteiger partial charge in [0.25, 0.3) is 0 Å². The molecule has 0 radical (unpaired) electrons. The molecule has 1 aromatic rings. The maximum atomic E-state index is 13.2. The first-order valence-electron chi connectivity index (χ1n) is 6.96. The second kappa shape index (κ2) is 5.87. The minimum Gasteiger partial charge on any atom is -0.338 e. The molecule has 1 aromatic carbocycles. The van der Waals surface area contributed by atoms with Crippen LogP contribution in [0.25, 0.3) is 0 Å². The molecule has 1 amide bonds. The predicted molar refractivity (Wildman–Crippen MR) is 72.8 cm³/mol. The summed E-state index contributed by atoms with van der Waals surface area (Å²) in [5.74, 6) is -1.73. The lowest BCUT2D eigenvalue weighted by Crippen LogP contribution is -2.51. The van der Waals surface area contributed by atoms with E-state index in [2.05, 4.69) is 0 Å². The zero-order valence-electron chi connectivity index (χ0n) is 11.7. The normalized spacial score (nSPS) is 16.6. The molecule has 0 heterocycles. The van der Waals surface area contributed by atoms with E-state index >= 15 is 0 Å². The lowest BCUT2D eigenvalue weighted by Gasteiger charge is -2.42. The van der Waals surface area contributed by atoms with Crippen molar-refractivity contribution in [2.24, 2.45) is 11.1 Å². The topological polar surface area (TPSA) is 46.3 Å². The van der Waals surface area contributed by atoms with Crippen LogP contribution in [0, 0.1) is 17.0 Å². The first-order chi connectivity index (χ1) is 9.52. The minimum absolute atomic E-state index is 0.0264. The third kappa shape index (κ3) is 2.68. The molecule has 2 rings (SSSR count). The van der Waals surface area contributed by atoms with E-state index < -0.39 is 17.0 Å². The lowest BCUT2D eigenvalue weighted by atomic mass is 9.68. The predicted octanol–water partition coefficient (Wildman–Crippen LogP) is 2.44. The summed E-state index contributed by atoms with van der Waals surface area (Å²) in [4.78, 5) is 14.2. The van der Waals surface area contributed by atoms with Gasteiger partial charge in [0.1, 0.15) is 0 Å². The van der Waals surface area contributed by atoms with Crippen LogP contribution in [0.4, 0.5) is 8.78 Å². The molecule has 0 spiro atoms. The van der Waals surface area contributed by atoms with E-state index in [4.69, 9.17) is 5.73 Å². The molecule has 0 aliphatic heterocycles. The molecular formula is C15H20F2N2O. The highest BCUT2D eigenvalue weighted by Crippen LogP contribution is 2.41. The van der Waals surface area contributed by atoms with Gasteiger partial charge in [0.05, 0.1) is 5.41 Å². The summed E-state index contributed by atoms with van der Waals surface area (Å²) in [5.41, 5.74) is 5.90. The van der Waals surface area contributed by atoms with Gasteiger partial charge in [0.2, 0.25) is 5.91 Å². The SMILES string of the molecule is CCN(Cc1ccc(F)c(F)c1)C(=O)C1(CN)CCC1. The molecule has 2 N–H and O–H groups in total. The van der Waals surface area contributed by atoms with Gasteiger partial charge in [-0.05, 0) is 37.5 Å². The summed E-state index contributed by atoms with van der Waals surface area (Å²) in [5, 5.41) is 0. The van der Waals surface area contributed by atoms with E-state index in [1.54, 1.807) is 4.90 Å². The maximum Gasteiger partial charge on any atom is 0.230 e. The third-order valence-corrected chi connectivity index (χ3v) is 4.18. The fourth-order valence-corrected chi connectivity index (χ4v) is 2.63. The number of nitrogens with two attached hydrogens (primary N) is 1. The van der Waals surface area contributed by atoms with E-state index in [-0.39, 0.29) is 12.5 Å². The highest BCUT2D eigenvalue weighted by molar-refractivity contribution is 5.84. The van der Waals surface area contributed by atoms with Crippen molar-refractivity contribution in [3.63, 3.8) is 0 Å². The fourth-order valence-electron chi connectivity index (χ4n) is 2.63. The van der Waals surface area contributed by atoms with Gasteiger partial charge >= 0.3 is 0 Å². The summed E-state index contributed by atoms with van der Waals surface area (Å²) in [7, 11) is 0. The van der Waals surface area contributed by atoms with Crippen LogP contribution < -0.4 is 5.73 Å². The van der Waals surface area contributed by atoms with Gasteiger partial charge in [-0.2, -0.15) is 0 Å². The Kier molecular flexibility index (Phi) is 4.38. The van der Waals surface area contributed by atoms with Crippen molar-refractivity contribution in [2.75, 3.05) is 13.1 Å². The number of hydrogen-bond donors (Lipinski definition) is 1. The van der Waals surface area contributed by atoms with Crippen molar-refractivity contribution in [2.45, 2.75) is 32.7 Å². The van der Waals surface area contributed by atoms with Gasteiger partial charge in [-0.3, -0.25) is 4.79 Å². The average molecular weight is 282 g/mol. The Morgan fingerprint density at radius 1 is 1.35 bits per heavy atom. The zero-order chi connectivity index (χ0) is 14.8. The Morgan fingerprint density at radius 3 is 2.50 bits per heavy atom. The molecule has 0 unspecified atom stereocenters. The van der Waals surface area contributed by atoms with Crippen LogP contribution in [0.15, 0.2) is 18.2 Å².